The number of para-hydroxylation sites is 3. The summed E-state index contributed by atoms with van der Waals surface area (Å²) in [6, 6.07) is 75.7. The van der Waals surface area contributed by atoms with Gasteiger partial charge in [0.25, 0.3) is 0 Å². The zero-order valence-electron chi connectivity index (χ0n) is 32.0. The molecular weight excluding hydrogens is 719 g/mol. The van der Waals surface area contributed by atoms with Crippen LogP contribution in [0.3, 0.4) is 0 Å². The lowest BCUT2D eigenvalue weighted by molar-refractivity contribution is 0.669. The van der Waals surface area contributed by atoms with Crippen LogP contribution in [0.25, 0.3) is 98.8 Å². The van der Waals surface area contributed by atoms with Crippen molar-refractivity contribution >= 4 is 82.5 Å². The maximum atomic E-state index is 6.73. The van der Waals surface area contributed by atoms with Gasteiger partial charge in [0, 0.05) is 32.8 Å². The number of furan rings is 2. The van der Waals surface area contributed by atoms with Gasteiger partial charge in [0.1, 0.15) is 16.7 Å². The number of hydrogen-bond acceptors (Lipinski definition) is 3. The molecule has 0 amide bonds. The maximum absolute atomic E-state index is 6.73. The van der Waals surface area contributed by atoms with Crippen molar-refractivity contribution in [3.05, 3.63) is 212 Å². The van der Waals surface area contributed by atoms with Crippen molar-refractivity contribution in [2.24, 2.45) is 0 Å². The van der Waals surface area contributed by atoms with Crippen LogP contribution in [-0.4, -0.2) is 0 Å². The van der Waals surface area contributed by atoms with Crippen LogP contribution in [0.1, 0.15) is 0 Å². The summed E-state index contributed by atoms with van der Waals surface area (Å²) in [5.41, 5.74) is 13.4. The van der Waals surface area contributed by atoms with Crippen molar-refractivity contribution in [3.8, 4) is 33.4 Å². The summed E-state index contributed by atoms with van der Waals surface area (Å²) in [4.78, 5) is 2.35. The Labute approximate surface area is 340 Å². The molecule has 0 saturated heterocycles. The zero-order valence-corrected chi connectivity index (χ0v) is 32.0. The molecule has 0 radical (unpaired) electrons. The van der Waals surface area contributed by atoms with Gasteiger partial charge in [-0.25, -0.2) is 0 Å². The molecule has 10 aromatic carbocycles. The van der Waals surface area contributed by atoms with Gasteiger partial charge in [0.05, 0.1) is 11.4 Å². The third-order valence-electron chi connectivity index (χ3n) is 11.8. The minimum absolute atomic E-state index is 0.841. The van der Waals surface area contributed by atoms with E-state index < -0.39 is 0 Å². The fourth-order valence-corrected chi connectivity index (χ4v) is 9.10. The molecule has 3 heteroatoms. The molecular formula is C56H35NO2. The molecule has 0 aliphatic heterocycles. The maximum Gasteiger partial charge on any atom is 0.159 e. The summed E-state index contributed by atoms with van der Waals surface area (Å²) < 4.78 is 13.3. The highest BCUT2D eigenvalue weighted by atomic mass is 16.3. The normalized spacial score (nSPS) is 11.7. The fraction of sp³-hybridized carbons (Fsp3) is 0. The van der Waals surface area contributed by atoms with E-state index in [1.54, 1.807) is 0 Å². The number of rotatable bonds is 6. The standard InChI is InChI=1S/C56H35NO2/c1-2-15-40-35-54-49(34-39(40)14-1)55-47(23-12-28-53(55)58-54)45-20-5-7-25-50(45)57(51-26-11-24-48-46-21-6-8-27-52(46)59-56(48)51)42-31-29-36(30-32-42)38-17-9-18-41(33-38)44-22-10-16-37-13-3-4-19-43(37)44/h1-35H. The number of anilines is 3. The Bertz CT molecular complexity index is 3570. The molecule has 0 N–H and O–H groups in total. The quantitative estimate of drug-likeness (QED) is 0.169. The van der Waals surface area contributed by atoms with Gasteiger partial charge < -0.3 is 13.7 Å². The van der Waals surface area contributed by atoms with Crippen LogP contribution in [0.15, 0.2) is 221 Å². The molecule has 12 rings (SSSR count). The molecule has 3 nitrogen and oxygen atoms in total. The third kappa shape index (κ3) is 5.44. The van der Waals surface area contributed by atoms with Crippen LogP contribution in [-0.2, 0) is 0 Å². The van der Waals surface area contributed by atoms with Gasteiger partial charge >= 0.3 is 0 Å². The van der Waals surface area contributed by atoms with Crippen molar-refractivity contribution in [2.45, 2.75) is 0 Å². The lowest BCUT2D eigenvalue weighted by Gasteiger charge is -2.28. The van der Waals surface area contributed by atoms with E-state index in [2.05, 4.69) is 205 Å². The van der Waals surface area contributed by atoms with E-state index in [0.29, 0.717) is 0 Å². The van der Waals surface area contributed by atoms with Crippen LogP contribution in [0.2, 0.25) is 0 Å². The van der Waals surface area contributed by atoms with Crippen molar-refractivity contribution in [1.82, 2.24) is 0 Å². The van der Waals surface area contributed by atoms with E-state index in [1.807, 2.05) is 12.1 Å². The highest BCUT2D eigenvalue weighted by Gasteiger charge is 2.24. The smallest absolute Gasteiger partial charge is 0.159 e. The van der Waals surface area contributed by atoms with Gasteiger partial charge in [-0.1, -0.05) is 158 Å². The van der Waals surface area contributed by atoms with Gasteiger partial charge in [-0.15, -0.1) is 0 Å². The topological polar surface area (TPSA) is 29.5 Å². The average molecular weight is 754 g/mol. The van der Waals surface area contributed by atoms with E-state index in [0.717, 1.165) is 83.0 Å². The molecule has 0 fully saturated rings. The largest absolute Gasteiger partial charge is 0.456 e. The van der Waals surface area contributed by atoms with Gasteiger partial charge in [-0.05, 0) is 104 Å². The minimum Gasteiger partial charge on any atom is -0.456 e. The molecule has 276 valence electrons. The Morgan fingerprint density at radius 3 is 1.81 bits per heavy atom. The Morgan fingerprint density at radius 1 is 0.305 bits per heavy atom. The van der Waals surface area contributed by atoms with Crippen LogP contribution in [0.4, 0.5) is 17.1 Å². The molecule has 0 unspecified atom stereocenters. The zero-order chi connectivity index (χ0) is 38.9. The van der Waals surface area contributed by atoms with Crippen LogP contribution >= 0.6 is 0 Å². The van der Waals surface area contributed by atoms with Crippen molar-refractivity contribution in [2.75, 3.05) is 4.90 Å². The van der Waals surface area contributed by atoms with Gasteiger partial charge in [0.2, 0.25) is 0 Å². The number of nitrogens with zero attached hydrogens (tertiary/aromatic N) is 1. The molecule has 0 aliphatic rings. The first-order valence-corrected chi connectivity index (χ1v) is 20.1. The summed E-state index contributed by atoms with van der Waals surface area (Å²) >= 11 is 0. The van der Waals surface area contributed by atoms with Gasteiger partial charge in [0.15, 0.2) is 5.58 Å². The summed E-state index contributed by atoms with van der Waals surface area (Å²) in [5, 5.41) is 9.23. The predicted molar refractivity (Wildman–Crippen MR) is 247 cm³/mol. The minimum atomic E-state index is 0.841. The second-order valence-corrected chi connectivity index (χ2v) is 15.2. The Hall–Kier alpha value is -7.88. The second-order valence-electron chi connectivity index (χ2n) is 15.2. The Balaban J connectivity index is 1.05. The number of benzene rings is 10. The van der Waals surface area contributed by atoms with Crippen LogP contribution < -0.4 is 4.90 Å². The van der Waals surface area contributed by atoms with Gasteiger partial charge in [-0.2, -0.15) is 0 Å². The second kappa shape index (κ2) is 13.4. The van der Waals surface area contributed by atoms with E-state index >= 15 is 0 Å². The lowest BCUT2D eigenvalue weighted by atomic mass is 9.95. The van der Waals surface area contributed by atoms with Crippen molar-refractivity contribution in [3.63, 3.8) is 0 Å². The molecule has 59 heavy (non-hydrogen) atoms. The molecule has 0 saturated carbocycles. The molecule has 2 heterocycles. The predicted octanol–water partition coefficient (Wildman–Crippen LogP) is 16.3. The molecule has 0 atom stereocenters. The molecule has 0 bridgehead atoms. The van der Waals surface area contributed by atoms with Crippen molar-refractivity contribution < 1.29 is 8.83 Å². The summed E-state index contributed by atoms with van der Waals surface area (Å²) in [5.74, 6) is 0. The van der Waals surface area contributed by atoms with E-state index in [4.69, 9.17) is 8.83 Å². The fourth-order valence-electron chi connectivity index (χ4n) is 9.10. The Morgan fingerprint density at radius 2 is 0.915 bits per heavy atom. The van der Waals surface area contributed by atoms with Gasteiger partial charge in [-0.3, -0.25) is 0 Å². The highest BCUT2D eigenvalue weighted by molar-refractivity contribution is 6.17. The molecule has 0 spiro atoms. The molecule has 0 aliphatic carbocycles. The summed E-state index contributed by atoms with van der Waals surface area (Å²) in [6.45, 7) is 0. The average Bonchev–Trinajstić information content (AvgIpc) is 3.87. The summed E-state index contributed by atoms with van der Waals surface area (Å²) in [6.07, 6.45) is 0. The number of fused-ring (bicyclic) bond motifs is 8. The van der Waals surface area contributed by atoms with E-state index in [9.17, 15) is 0 Å². The number of hydrogen-bond donors (Lipinski definition) is 0. The molecule has 12 aromatic rings. The highest BCUT2D eigenvalue weighted by Crippen LogP contribution is 2.48. The first kappa shape index (κ1) is 33.3. The van der Waals surface area contributed by atoms with Crippen molar-refractivity contribution in [1.29, 1.82) is 0 Å². The van der Waals surface area contributed by atoms with Crippen LogP contribution in [0, 0.1) is 0 Å². The SMILES string of the molecule is c1cc(-c2ccc(N(c3ccccc3-c3cccc4oc5cc6ccccc6cc5c34)c3cccc4c3oc3ccccc34)cc2)cc(-c2cccc3ccccc23)c1. The summed E-state index contributed by atoms with van der Waals surface area (Å²) in [7, 11) is 0. The third-order valence-corrected chi connectivity index (χ3v) is 11.8. The first-order valence-electron chi connectivity index (χ1n) is 20.1. The van der Waals surface area contributed by atoms with E-state index in [-0.39, 0.29) is 0 Å². The first-order chi connectivity index (χ1) is 29.2. The Kier molecular flexibility index (Phi) is 7.54. The monoisotopic (exact) mass is 753 g/mol. The lowest BCUT2D eigenvalue weighted by Crippen LogP contribution is -2.11. The molecule has 2 aromatic heterocycles. The van der Waals surface area contributed by atoms with E-state index in [1.165, 1.54) is 32.8 Å². The van der Waals surface area contributed by atoms with Crippen LogP contribution in [0.5, 0.6) is 0 Å².